The number of piperidine rings is 2. The monoisotopic (exact) mass is 415 g/mol. The van der Waals surface area contributed by atoms with Gasteiger partial charge in [-0.2, -0.15) is 0 Å². The summed E-state index contributed by atoms with van der Waals surface area (Å²) in [5.74, 6) is -0.510. The molecule has 7 heteroatoms. The Labute approximate surface area is 176 Å². The van der Waals surface area contributed by atoms with Crippen LogP contribution in [0.25, 0.3) is 0 Å². The van der Waals surface area contributed by atoms with Crippen molar-refractivity contribution in [2.24, 2.45) is 5.92 Å². The van der Waals surface area contributed by atoms with Crippen molar-refractivity contribution in [1.29, 1.82) is 0 Å². The van der Waals surface area contributed by atoms with E-state index in [2.05, 4.69) is 16.7 Å². The Balaban J connectivity index is 1.45. The van der Waals surface area contributed by atoms with E-state index in [9.17, 15) is 14.0 Å². The third kappa shape index (κ3) is 3.14. The quantitative estimate of drug-likeness (QED) is 0.573. The summed E-state index contributed by atoms with van der Waals surface area (Å²) in [6.45, 7) is 3.51. The Morgan fingerprint density at radius 1 is 1.27 bits per heavy atom. The highest BCUT2D eigenvalue weighted by Gasteiger charge is 2.56. The van der Waals surface area contributed by atoms with Crippen molar-refractivity contribution in [2.45, 2.75) is 82.5 Å². The molecule has 30 heavy (non-hydrogen) atoms. The number of hydrogen-bond acceptors (Lipinski definition) is 4. The molecule has 2 saturated carbocycles. The highest BCUT2D eigenvalue weighted by atomic mass is 19.1. The van der Waals surface area contributed by atoms with Crippen molar-refractivity contribution in [3.63, 3.8) is 0 Å². The molecule has 3 aliphatic heterocycles. The van der Waals surface area contributed by atoms with Crippen LogP contribution >= 0.6 is 0 Å². The number of halogens is 1. The van der Waals surface area contributed by atoms with Crippen LogP contribution in [0.3, 0.4) is 0 Å². The van der Waals surface area contributed by atoms with Gasteiger partial charge in [-0.1, -0.05) is 6.92 Å². The van der Waals surface area contributed by atoms with Gasteiger partial charge in [0.15, 0.2) is 0 Å². The topological polar surface area (TPSA) is 72.9 Å². The Hall–Kier alpha value is -1.99. The van der Waals surface area contributed by atoms with Crippen molar-refractivity contribution < 1.29 is 19.2 Å². The Morgan fingerprint density at radius 2 is 2.00 bits per heavy atom. The zero-order valence-corrected chi connectivity index (χ0v) is 17.5. The fourth-order valence-electron chi connectivity index (χ4n) is 6.14. The van der Waals surface area contributed by atoms with E-state index in [4.69, 9.17) is 5.21 Å². The molecular weight excluding hydrogens is 385 g/mol. The average molecular weight is 416 g/mol. The lowest BCUT2D eigenvalue weighted by atomic mass is 9.69. The number of nitrogens with zero attached hydrogens (tertiary/aromatic N) is 2. The van der Waals surface area contributed by atoms with Crippen LogP contribution in [0.15, 0.2) is 12.1 Å². The van der Waals surface area contributed by atoms with Crippen LogP contribution in [0.4, 0.5) is 4.39 Å². The second-order valence-electron chi connectivity index (χ2n) is 9.65. The predicted molar refractivity (Wildman–Crippen MR) is 108 cm³/mol. The Kier molecular flexibility index (Phi) is 4.86. The molecule has 1 aromatic rings. The summed E-state index contributed by atoms with van der Waals surface area (Å²) >= 11 is 0. The lowest BCUT2D eigenvalue weighted by Gasteiger charge is -2.57. The summed E-state index contributed by atoms with van der Waals surface area (Å²) in [6.07, 6.45) is 7.83. The molecule has 6 nitrogen and oxygen atoms in total. The SMILES string of the molecule is CC[C@@H]1Cc2c(F)cc(C(=O)NO)cc2CN1CC12CCC(CC1)C(=O)N2C1CC1. The lowest BCUT2D eigenvalue weighted by molar-refractivity contribution is -0.160. The molecule has 5 aliphatic rings. The molecular formula is C23H30FN3O3. The van der Waals surface area contributed by atoms with Crippen LogP contribution in [0.1, 0.15) is 73.4 Å². The average Bonchev–Trinajstić information content (AvgIpc) is 3.58. The molecule has 0 radical (unpaired) electrons. The minimum atomic E-state index is -0.699. The molecule has 2 bridgehead atoms. The van der Waals surface area contributed by atoms with Gasteiger partial charge in [0.2, 0.25) is 5.91 Å². The molecule has 0 aromatic heterocycles. The van der Waals surface area contributed by atoms with Gasteiger partial charge < -0.3 is 4.90 Å². The smallest absolute Gasteiger partial charge is 0.274 e. The highest BCUT2D eigenvalue weighted by molar-refractivity contribution is 5.93. The number of amides is 2. The molecule has 2 saturated heterocycles. The summed E-state index contributed by atoms with van der Waals surface area (Å²) in [7, 11) is 0. The third-order valence-corrected chi connectivity index (χ3v) is 7.88. The maximum Gasteiger partial charge on any atom is 0.274 e. The van der Waals surface area contributed by atoms with E-state index in [0.29, 0.717) is 30.5 Å². The van der Waals surface area contributed by atoms with E-state index in [1.807, 2.05) is 0 Å². The number of carbonyl (C=O) groups excluding carboxylic acids is 2. The van der Waals surface area contributed by atoms with Crippen LogP contribution in [0.5, 0.6) is 0 Å². The number of fused-ring (bicyclic) bond motifs is 4. The van der Waals surface area contributed by atoms with Crippen LogP contribution < -0.4 is 5.48 Å². The number of benzene rings is 1. The first kappa shape index (κ1) is 19.9. The molecule has 1 atom stereocenters. The molecule has 2 aliphatic carbocycles. The second-order valence-corrected chi connectivity index (χ2v) is 9.65. The Morgan fingerprint density at radius 3 is 2.63 bits per heavy atom. The summed E-state index contributed by atoms with van der Waals surface area (Å²) in [5, 5.41) is 8.94. The van der Waals surface area contributed by atoms with Crippen LogP contribution in [-0.4, -0.2) is 51.0 Å². The van der Waals surface area contributed by atoms with Gasteiger partial charge in [-0.25, -0.2) is 9.87 Å². The van der Waals surface area contributed by atoms with Crippen LogP contribution in [0.2, 0.25) is 0 Å². The van der Waals surface area contributed by atoms with Gasteiger partial charge in [-0.3, -0.25) is 19.7 Å². The first-order chi connectivity index (χ1) is 14.5. The predicted octanol–water partition coefficient (Wildman–Crippen LogP) is 3.02. The molecule has 6 rings (SSSR count). The summed E-state index contributed by atoms with van der Waals surface area (Å²) in [4.78, 5) is 29.6. The van der Waals surface area contributed by atoms with Crippen molar-refractivity contribution >= 4 is 11.8 Å². The summed E-state index contributed by atoms with van der Waals surface area (Å²) in [5.41, 5.74) is 3.12. The van der Waals surface area contributed by atoms with E-state index in [-0.39, 0.29) is 28.9 Å². The lowest BCUT2D eigenvalue weighted by Crippen LogP contribution is -2.67. The van der Waals surface area contributed by atoms with E-state index < -0.39 is 5.91 Å². The van der Waals surface area contributed by atoms with Gasteiger partial charge in [0.05, 0.1) is 5.54 Å². The highest BCUT2D eigenvalue weighted by Crippen LogP contribution is 2.49. The largest absolute Gasteiger partial charge is 0.333 e. The second kappa shape index (κ2) is 7.31. The molecule has 0 unspecified atom stereocenters. The maximum absolute atomic E-state index is 14.8. The molecule has 2 N–H and O–H groups in total. The van der Waals surface area contributed by atoms with Gasteiger partial charge in [-0.15, -0.1) is 0 Å². The van der Waals surface area contributed by atoms with Crippen LogP contribution in [-0.2, 0) is 17.8 Å². The molecule has 2 amide bonds. The zero-order chi connectivity index (χ0) is 21.0. The maximum atomic E-state index is 14.8. The minimum Gasteiger partial charge on any atom is -0.333 e. The molecule has 0 spiro atoms. The van der Waals surface area contributed by atoms with Gasteiger partial charge in [0, 0.05) is 36.7 Å². The molecule has 4 fully saturated rings. The standard InChI is InChI=1S/C23H30FN3O3/c1-2-17-11-19-16(9-15(10-20(19)24)21(28)25-30)12-26(17)13-23-7-5-14(6-8-23)22(29)27(23)18-3-4-18/h9-10,14,17-18,30H,2-8,11-13H2,1H3,(H,25,28)/t14?,17-,23?/m1/s1. The number of hydrogen-bond donors (Lipinski definition) is 2. The number of rotatable bonds is 5. The third-order valence-electron chi connectivity index (χ3n) is 7.88. The van der Waals surface area contributed by atoms with Gasteiger partial charge in [0.25, 0.3) is 5.91 Å². The van der Waals surface area contributed by atoms with E-state index in [0.717, 1.165) is 57.1 Å². The first-order valence-electron chi connectivity index (χ1n) is 11.3. The number of hydroxylamine groups is 1. The minimum absolute atomic E-state index is 0.101. The Bertz CT molecular complexity index is 877. The normalized spacial score (nSPS) is 31.0. The van der Waals surface area contributed by atoms with E-state index in [1.165, 1.54) is 6.07 Å². The van der Waals surface area contributed by atoms with Crippen molar-refractivity contribution in [3.05, 3.63) is 34.6 Å². The summed E-state index contributed by atoms with van der Waals surface area (Å²) in [6, 6.07) is 3.54. The van der Waals surface area contributed by atoms with Gasteiger partial charge >= 0.3 is 0 Å². The first-order valence-corrected chi connectivity index (χ1v) is 11.3. The van der Waals surface area contributed by atoms with E-state index >= 15 is 0 Å². The van der Waals surface area contributed by atoms with Crippen molar-refractivity contribution in [3.8, 4) is 0 Å². The summed E-state index contributed by atoms with van der Waals surface area (Å²) < 4.78 is 14.8. The molecule has 162 valence electrons. The number of nitrogens with one attached hydrogen (secondary N) is 1. The van der Waals surface area contributed by atoms with E-state index in [1.54, 1.807) is 11.5 Å². The van der Waals surface area contributed by atoms with Gasteiger partial charge in [-0.05, 0) is 74.6 Å². The number of carbonyl (C=O) groups is 2. The fourth-order valence-corrected chi connectivity index (χ4v) is 6.14. The molecule has 1 aromatic carbocycles. The van der Waals surface area contributed by atoms with Gasteiger partial charge in [0.1, 0.15) is 5.82 Å². The fraction of sp³-hybridized carbons (Fsp3) is 0.652. The van der Waals surface area contributed by atoms with Crippen LogP contribution in [0, 0.1) is 11.7 Å². The van der Waals surface area contributed by atoms with Crippen molar-refractivity contribution in [2.75, 3.05) is 6.54 Å². The molecule has 3 heterocycles. The van der Waals surface area contributed by atoms with Crippen molar-refractivity contribution in [1.82, 2.24) is 15.3 Å². The zero-order valence-electron chi connectivity index (χ0n) is 17.5.